The van der Waals surface area contributed by atoms with Gasteiger partial charge >= 0.3 is 0 Å². The van der Waals surface area contributed by atoms with Crippen LogP contribution in [-0.4, -0.2) is 36.0 Å². The van der Waals surface area contributed by atoms with Gasteiger partial charge in [0, 0.05) is 0 Å². The van der Waals surface area contributed by atoms with Crippen molar-refractivity contribution in [1.29, 1.82) is 0 Å². The number of rotatable bonds is 3. The van der Waals surface area contributed by atoms with Crippen LogP contribution >= 0.6 is 0 Å². The van der Waals surface area contributed by atoms with Gasteiger partial charge in [-0.05, 0) is 24.6 Å². The fourth-order valence-electron chi connectivity index (χ4n) is 2.65. The van der Waals surface area contributed by atoms with Crippen LogP contribution in [0.3, 0.4) is 0 Å². The number of hydrogen-bond donors (Lipinski definition) is 0. The first kappa shape index (κ1) is 13.9. The van der Waals surface area contributed by atoms with Crippen LogP contribution in [-0.2, 0) is 9.47 Å². The van der Waals surface area contributed by atoms with Crippen molar-refractivity contribution in [3.05, 3.63) is 65.5 Å². The molecule has 0 radical (unpaired) electrons. The van der Waals surface area contributed by atoms with Crippen molar-refractivity contribution in [3.8, 4) is 0 Å². The highest BCUT2D eigenvalue weighted by molar-refractivity contribution is 5.97. The Morgan fingerprint density at radius 1 is 0.826 bits per heavy atom. The second kappa shape index (κ2) is 5.83. The van der Waals surface area contributed by atoms with Gasteiger partial charge in [0.05, 0.1) is 6.04 Å². The van der Waals surface area contributed by atoms with Crippen LogP contribution in [0.15, 0.2) is 58.5 Å². The van der Waals surface area contributed by atoms with Crippen LogP contribution < -0.4 is 0 Å². The van der Waals surface area contributed by atoms with Crippen LogP contribution in [0.2, 0.25) is 0 Å². The summed E-state index contributed by atoms with van der Waals surface area (Å²) in [6, 6.07) is 16.1. The van der Waals surface area contributed by atoms with Crippen molar-refractivity contribution in [3.63, 3.8) is 0 Å². The highest BCUT2D eigenvalue weighted by atomic mass is 16.5. The predicted molar refractivity (Wildman–Crippen MR) is 87.9 cm³/mol. The quantitative estimate of drug-likeness (QED) is 0.876. The molecule has 23 heavy (non-hydrogen) atoms. The number of ether oxygens (including phenoxy) is 2. The van der Waals surface area contributed by atoms with E-state index in [2.05, 4.69) is 27.1 Å². The van der Waals surface area contributed by atoms with Gasteiger partial charge in [-0.3, -0.25) is 0 Å². The van der Waals surface area contributed by atoms with Gasteiger partial charge in [-0.15, -0.1) is 0 Å². The van der Waals surface area contributed by atoms with Crippen molar-refractivity contribution >= 4 is 11.8 Å². The molecule has 5 heteroatoms. The molecule has 0 spiro atoms. The summed E-state index contributed by atoms with van der Waals surface area (Å²) in [5.74, 6) is 1.17. The lowest BCUT2D eigenvalue weighted by Gasteiger charge is -2.04. The summed E-state index contributed by atoms with van der Waals surface area (Å²) in [6.45, 7) is 3.17. The molecule has 2 aromatic rings. The van der Waals surface area contributed by atoms with E-state index in [1.807, 2.05) is 43.3 Å². The molecule has 5 nitrogen and oxygen atoms in total. The largest absolute Gasteiger partial charge is 0.474 e. The van der Waals surface area contributed by atoms with Crippen LogP contribution in [0.4, 0.5) is 0 Å². The van der Waals surface area contributed by atoms with E-state index in [4.69, 9.17) is 9.47 Å². The number of aromatic nitrogens is 1. The molecule has 0 N–H and O–H groups in total. The Hall–Kier alpha value is -2.69. The molecule has 1 aromatic heterocycles. The van der Waals surface area contributed by atoms with Gasteiger partial charge in [0.25, 0.3) is 0 Å². The van der Waals surface area contributed by atoms with Crippen LogP contribution in [0, 0.1) is 0 Å². The van der Waals surface area contributed by atoms with Crippen molar-refractivity contribution in [2.75, 3.05) is 13.2 Å². The fourth-order valence-corrected chi connectivity index (χ4v) is 2.65. The summed E-state index contributed by atoms with van der Waals surface area (Å²) in [6.07, 6.45) is 0. The van der Waals surface area contributed by atoms with Crippen molar-refractivity contribution < 1.29 is 9.47 Å². The Bertz CT molecular complexity index is 771. The summed E-state index contributed by atoms with van der Waals surface area (Å²) in [4.78, 5) is 13.7. The minimum atomic E-state index is 0.0248. The van der Waals surface area contributed by atoms with E-state index >= 15 is 0 Å². The highest BCUT2D eigenvalue weighted by Crippen LogP contribution is 2.24. The van der Waals surface area contributed by atoms with Gasteiger partial charge in [0.15, 0.2) is 0 Å². The molecule has 0 saturated heterocycles. The standard InChI is InChI=1S/C18H17N3O2/c1-12-10-22-17(19-12)14-8-5-9-15(20-14)18-21-16(11-23-18)13-6-3-2-4-7-13/h2-9,12,16H,10-11H2,1H3/t12-,16+/m0/s1. The number of aliphatic imine (C=N–C) groups is 2. The molecule has 2 aliphatic rings. The van der Waals surface area contributed by atoms with Gasteiger partial charge in [-0.2, -0.15) is 0 Å². The first-order chi connectivity index (χ1) is 11.3. The number of pyridine rings is 1. The van der Waals surface area contributed by atoms with E-state index < -0.39 is 0 Å². The summed E-state index contributed by atoms with van der Waals surface area (Å²) in [5.41, 5.74) is 2.59. The molecule has 2 atom stereocenters. The third-order valence-corrected chi connectivity index (χ3v) is 3.82. The molecule has 0 saturated carbocycles. The lowest BCUT2D eigenvalue weighted by molar-refractivity contribution is 0.318. The molecular weight excluding hydrogens is 290 g/mol. The molecule has 116 valence electrons. The normalized spacial score (nSPS) is 23.0. The number of benzene rings is 1. The first-order valence-corrected chi connectivity index (χ1v) is 7.73. The highest BCUT2D eigenvalue weighted by Gasteiger charge is 2.24. The van der Waals surface area contributed by atoms with Crippen molar-refractivity contribution in [1.82, 2.24) is 4.98 Å². The maximum absolute atomic E-state index is 5.75. The van der Waals surface area contributed by atoms with Gasteiger partial charge in [-0.25, -0.2) is 15.0 Å². The van der Waals surface area contributed by atoms with E-state index in [1.165, 1.54) is 0 Å². The Balaban J connectivity index is 1.60. The number of hydrogen-bond acceptors (Lipinski definition) is 5. The molecule has 0 fully saturated rings. The summed E-state index contributed by atoms with van der Waals surface area (Å²) < 4.78 is 11.3. The molecule has 0 bridgehead atoms. The van der Waals surface area contributed by atoms with E-state index in [1.54, 1.807) is 0 Å². The second-order valence-corrected chi connectivity index (χ2v) is 5.67. The average molecular weight is 307 g/mol. The molecule has 1 aromatic carbocycles. The van der Waals surface area contributed by atoms with Crippen molar-refractivity contribution in [2.24, 2.45) is 9.98 Å². The maximum atomic E-state index is 5.75. The predicted octanol–water partition coefficient (Wildman–Crippen LogP) is 2.77. The third kappa shape index (κ3) is 2.82. The monoisotopic (exact) mass is 307 g/mol. The van der Waals surface area contributed by atoms with Crippen LogP contribution in [0.5, 0.6) is 0 Å². The van der Waals surface area contributed by atoms with E-state index in [0.29, 0.717) is 30.7 Å². The van der Waals surface area contributed by atoms with Crippen molar-refractivity contribution in [2.45, 2.75) is 19.0 Å². The minimum Gasteiger partial charge on any atom is -0.474 e. The van der Waals surface area contributed by atoms with Gasteiger partial charge in [0.1, 0.15) is 30.6 Å². The Labute approximate surface area is 134 Å². The third-order valence-electron chi connectivity index (χ3n) is 3.82. The summed E-state index contributed by atoms with van der Waals surface area (Å²) in [5, 5.41) is 0. The molecular formula is C18H17N3O2. The minimum absolute atomic E-state index is 0.0248. The zero-order valence-electron chi connectivity index (χ0n) is 12.8. The Kier molecular flexibility index (Phi) is 3.54. The number of nitrogens with zero attached hydrogens (tertiary/aromatic N) is 3. The smallest absolute Gasteiger partial charge is 0.236 e. The molecule has 3 heterocycles. The average Bonchev–Trinajstić information content (AvgIpc) is 3.25. The van der Waals surface area contributed by atoms with E-state index in [-0.39, 0.29) is 12.1 Å². The first-order valence-electron chi connectivity index (χ1n) is 7.73. The van der Waals surface area contributed by atoms with E-state index in [0.717, 1.165) is 11.3 Å². The Morgan fingerprint density at radius 3 is 2.22 bits per heavy atom. The zero-order chi connectivity index (χ0) is 15.6. The summed E-state index contributed by atoms with van der Waals surface area (Å²) >= 11 is 0. The topological polar surface area (TPSA) is 56.1 Å². The maximum Gasteiger partial charge on any atom is 0.236 e. The molecule has 4 rings (SSSR count). The van der Waals surface area contributed by atoms with Crippen LogP contribution in [0.1, 0.15) is 29.9 Å². The molecule has 0 unspecified atom stereocenters. The SMILES string of the molecule is C[C@H]1COC(c2cccc(C3=N[C@@H](c4ccccc4)CO3)n2)=N1. The van der Waals surface area contributed by atoms with Gasteiger partial charge in [0.2, 0.25) is 11.8 Å². The lowest BCUT2D eigenvalue weighted by atomic mass is 10.1. The van der Waals surface area contributed by atoms with E-state index in [9.17, 15) is 0 Å². The second-order valence-electron chi connectivity index (χ2n) is 5.67. The summed E-state index contributed by atoms with van der Waals surface area (Å²) in [7, 11) is 0. The Morgan fingerprint density at radius 2 is 1.52 bits per heavy atom. The fraction of sp³-hybridized carbons (Fsp3) is 0.278. The molecule has 2 aliphatic heterocycles. The van der Waals surface area contributed by atoms with Gasteiger partial charge in [-0.1, -0.05) is 36.4 Å². The lowest BCUT2D eigenvalue weighted by Crippen LogP contribution is -2.10. The zero-order valence-corrected chi connectivity index (χ0v) is 12.8. The van der Waals surface area contributed by atoms with Crippen LogP contribution in [0.25, 0.3) is 0 Å². The molecule has 0 aliphatic carbocycles. The van der Waals surface area contributed by atoms with Gasteiger partial charge < -0.3 is 9.47 Å². The molecule has 0 amide bonds.